The second-order valence-electron chi connectivity index (χ2n) is 3.93. The predicted octanol–water partition coefficient (Wildman–Crippen LogP) is 2.28. The van der Waals surface area contributed by atoms with E-state index < -0.39 is 5.82 Å². The van der Waals surface area contributed by atoms with E-state index in [1.54, 1.807) is 13.0 Å². The summed E-state index contributed by atoms with van der Waals surface area (Å²) in [7, 11) is 0. The average Bonchev–Trinajstić information content (AvgIpc) is 2.30. The molecule has 0 radical (unpaired) electrons. The van der Waals surface area contributed by atoms with Crippen LogP contribution in [0.25, 0.3) is 0 Å². The molecule has 1 aromatic rings. The van der Waals surface area contributed by atoms with E-state index in [9.17, 15) is 9.18 Å². The van der Waals surface area contributed by atoms with Crippen LogP contribution in [0.4, 0.5) is 15.8 Å². The fraction of sp³-hybridized carbons (Fsp3) is 0.250. The number of hydrogen-bond acceptors (Lipinski definition) is 3. The highest BCUT2D eigenvalue weighted by Gasteiger charge is 2.26. The zero-order valence-electron chi connectivity index (χ0n) is 9.74. The maximum atomic E-state index is 13.3. The van der Waals surface area contributed by atoms with E-state index in [0.717, 1.165) is 0 Å². The van der Waals surface area contributed by atoms with E-state index >= 15 is 0 Å². The Balaban J connectivity index is 2.40. The summed E-state index contributed by atoms with van der Waals surface area (Å²) in [6.45, 7) is 1.90. The first-order valence-electron chi connectivity index (χ1n) is 5.33. The fourth-order valence-corrected chi connectivity index (χ4v) is 1.72. The highest BCUT2D eigenvalue weighted by Crippen LogP contribution is 2.35. The minimum atomic E-state index is -0.563. The summed E-state index contributed by atoms with van der Waals surface area (Å²) in [6, 6.07) is 2.57. The molecular weight excluding hydrogens is 259 g/mol. The second-order valence-corrected chi connectivity index (χ2v) is 4.52. The Labute approximate surface area is 109 Å². The molecule has 96 valence electrons. The van der Waals surface area contributed by atoms with Gasteiger partial charge in [0.1, 0.15) is 11.6 Å². The first kappa shape index (κ1) is 12.7. The summed E-state index contributed by atoms with van der Waals surface area (Å²) >= 11 is 5.74. The van der Waals surface area contributed by atoms with Crippen LogP contribution in [-0.4, -0.2) is 19.1 Å². The van der Waals surface area contributed by atoms with Gasteiger partial charge in [-0.15, -0.1) is 0 Å². The van der Waals surface area contributed by atoms with Gasteiger partial charge in [0.05, 0.1) is 11.4 Å². The Bertz CT molecular complexity index is 527. The second kappa shape index (κ2) is 4.86. The lowest BCUT2D eigenvalue weighted by Gasteiger charge is -2.28. The van der Waals surface area contributed by atoms with Gasteiger partial charge in [0.15, 0.2) is 6.61 Å². The van der Waals surface area contributed by atoms with Crippen molar-refractivity contribution in [2.75, 3.05) is 23.8 Å². The van der Waals surface area contributed by atoms with Crippen molar-refractivity contribution >= 4 is 28.9 Å². The van der Waals surface area contributed by atoms with Gasteiger partial charge in [-0.2, -0.15) is 0 Å². The van der Waals surface area contributed by atoms with Crippen LogP contribution in [0.5, 0.6) is 5.75 Å². The van der Waals surface area contributed by atoms with Gasteiger partial charge in [0.2, 0.25) is 0 Å². The lowest BCUT2D eigenvalue weighted by Crippen LogP contribution is -2.39. The third-order valence-electron chi connectivity index (χ3n) is 2.58. The molecule has 2 rings (SSSR count). The van der Waals surface area contributed by atoms with Crippen LogP contribution < -0.4 is 15.4 Å². The quantitative estimate of drug-likeness (QED) is 0.839. The number of halogens is 2. The number of amides is 1. The van der Waals surface area contributed by atoms with Crippen molar-refractivity contribution < 1.29 is 13.9 Å². The molecule has 0 bridgehead atoms. The maximum Gasteiger partial charge on any atom is 0.265 e. The predicted molar refractivity (Wildman–Crippen MR) is 68.3 cm³/mol. The zero-order valence-corrected chi connectivity index (χ0v) is 10.5. The fourth-order valence-electron chi connectivity index (χ4n) is 1.66. The summed E-state index contributed by atoms with van der Waals surface area (Å²) in [5.41, 5.74) is 5.93. The Morgan fingerprint density at radius 2 is 2.39 bits per heavy atom. The number of nitrogens with zero attached hydrogens (tertiary/aromatic N) is 1. The van der Waals surface area contributed by atoms with Crippen LogP contribution in [-0.2, 0) is 4.79 Å². The molecule has 4 nitrogen and oxygen atoms in total. The molecule has 0 atom stereocenters. The largest absolute Gasteiger partial charge is 0.481 e. The van der Waals surface area contributed by atoms with Crippen LogP contribution in [0, 0.1) is 5.82 Å². The van der Waals surface area contributed by atoms with Crippen LogP contribution in [0.1, 0.15) is 6.92 Å². The molecule has 2 N–H and O–H groups in total. The molecule has 1 aliphatic rings. The number of nitrogen functional groups attached to an aromatic ring is 1. The molecule has 1 amide bonds. The Kier molecular flexibility index (Phi) is 3.43. The number of fused-ring (bicyclic) bond motifs is 1. The van der Waals surface area contributed by atoms with Crippen LogP contribution in [0.3, 0.4) is 0 Å². The van der Waals surface area contributed by atoms with E-state index in [1.165, 1.54) is 17.0 Å². The third kappa shape index (κ3) is 2.41. The highest BCUT2D eigenvalue weighted by molar-refractivity contribution is 6.29. The Morgan fingerprint density at radius 1 is 1.67 bits per heavy atom. The van der Waals surface area contributed by atoms with Gasteiger partial charge in [-0.1, -0.05) is 17.7 Å². The van der Waals surface area contributed by atoms with E-state index in [4.69, 9.17) is 22.1 Å². The lowest BCUT2D eigenvalue weighted by molar-refractivity contribution is -0.121. The van der Waals surface area contributed by atoms with Gasteiger partial charge in [0, 0.05) is 17.6 Å². The van der Waals surface area contributed by atoms with E-state index in [0.29, 0.717) is 23.0 Å². The smallest absolute Gasteiger partial charge is 0.265 e. The van der Waals surface area contributed by atoms with Crippen LogP contribution in [0.2, 0.25) is 0 Å². The van der Waals surface area contributed by atoms with E-state index in [2.05, 4.69) is 0 Å². The van der Waals surface area contributed by atoms with Crippen molar-refractivity contribution in [3.05, 3.63) is 29.1 Å². The topological polar surface area (TPSA) is 55.6 Å². The van der Waals surface area contributed by atoms with Gasteiger partial charge in [-0.25, -0.2) is 4.39 Å². The van der Waals surface area contributed by atoms with Gasteiger partial charge < -0.3 is 15.4 Å². The number of benzene rings is 1. The van der Waals surface area contributed by atoms with E-state index in [1.807, 2.05) is 0 Å². The van der Waals surface area contributed by atoms with Crippen molar-refractivity contribution in [3.8, 4) is 5.75 Å². The van der Waals surface area contributed by atoms with E-state index in [-0.39, 0.29) is 18.2 Å². The van der Waals surface area contributed by atoms with Gasteiger partial charge in [-0.3, -0.25) is 4.79 Å². The number of carbonyl (C=O) groups is 1. The number of anilines is 2. The zero-order chi connectivity index (χ0) is 13.3. The van der Waals surface area contributed by atoms with Gasteiger partial charge >= 0.3 is 0 Å². The maximum absolute atomic E-state index is 13.3. The minimum absolute atomic E-state index is 0.0244. The number of allylic oxidation sites excluding steroid dienone is 1. The molecule has 0 saturated heterocycles. The summed E-state index contributed by atoms with van der Waals surface area (Å²) < 4.78 is 18.5. The molecule has 0 spiro atoms. The third-order valence-corrected chi connectivity index (χ3v) is 2.73. The standard InChI is InChI=1S/C12H12ClFN2O2/c1-7(13)2-3-16-10-5-9(15)8(14)4-11(10)18-6-12(16)17/h2,4-5H,3,6,15H2,1H3/b7-2+. The van der Waals surface area contributed by atoms with Crippen molar-refractivity contribution in [1.82, 2.24) is 0 Å². The minimum Gasteiger partial charge on any atom is -0.481 e. The number of hydrogen-bond donors (Lipinski definition) is 1. The highest BCUT2D eigenvalue weighted by atomic mass is 35.5. The number of carbonyl (C=O) groups excluding carboxylic acids is 1. The summed E-state index contributed by atoms with van der Waals surface area (Å²) in [5, 5.41) is 0.575. The lowest BCUT2D eigenvalue weighted by atomic mass is 10.2. The molecule has 0 aromatic heterocycles. The summed E-state index contributed by atoms with van der Waals surface area (Å²) in [4.78, 5) is 13.2. The molecular formula is C12H12ClFN2O2. The molecule has 1 aromatic carbocycles. The first-order valence-corrected chi connectivity index (χ1v) is 5.71. The van der Waals surface area contributed by atoms with Crippen LogP contribution >= 0.6 is 11.6 Å². The van der Waals surface area contributed by atoms with Crippen molar-refractivity contribution in [2.45, 2.75) is 6.92 Å². The van der Waals surface area contributed by atoms with Gasteiger partial charge in [0.25, 0.3) is 5.91 Å². The normalized spacial score (nSPS) is 15.4. The van der Waals surface area contributed by atoms with Crippen molar-refractivity contribution in [3.63, 3.8) is 0 Å². The van der Waals surface area contributed by atoms with Crippen molar-refractivity contribution in [1.29, 1.82) is 0 Å². The monoisotopic (exact) mass is 270 g/mol. The first-order chi connectivity index (χ1) is 8.49. The average molecular weight is 271 g/mol. The summed E-state index contributed by atoms with van der Waals surface area (Å²) in [5.74, 6) is -0.475. The molecule has 0 fully saturated rings. The molecule has 0 unspecified atom stereocenters. The summed E-state index contributed by atoms with van der Waals surface area (Å²) in [6.07, 6.45) is 1.69. The molecule has 18 heavy (non-hydrogen) atoms. The van der Waals surface area contributed by atoms with Crippen molar-refractivity contribution in [2.24, 2.45) is 0 Å². The number of rotatable bonds is 2. The SMILES string of the molecule is C/C(Cl)=C\CN1C(=O)COc2cc(F)c(N)cc21. The Morgan fingerprint density at radius 3 is 3.06 bits per heavy atom. The molecule has 6 heteroatoms. The molecule has 1 heterocycles. The Hall–Kier alpha value is -1.75. The number of ether oxygens (including phenoxy) is 1. The molecule has 1 aliphatic heterocycles. The van der Waals surface area contributed by atoms with Gasteiger partial charge in [-0.05, 0) is 13.0 Å². The molecule has 0 saturated carbocycles. The molecule has 0 aliphatic carbocycles. The van der Waals surface area contributed by atoms with Crippen LogP contribution in [0.15, 0.2) is 23.2 Å². The number of nitrogens with two attached hydrogens (primary N) is 1.